The predicted octanol–water partition coefficient (Wildman–Crippen LogP) is 6.48. The lowest BCUT2D eigenvalue weighted by Gasteiger charge is -2.56. The van der Waals surface area contributed by atoms with E-state index in [0.717, 1.165) is 79.2 Å². The molecule has 13 amide bonds. The first-order valence-electron chi connectivity index (χ1n) is 52.6. The minimum absolute atomic E-state index is 0.00299. The maximum absolute atomic E-state index is 15.1. The Kier molecular flexibility index (Phi) is 48.7. The number of aryl methyl sites for hydroxylation is 3. The summed E-state index contributed by atoms with van der Waals surface area (Å²) in [4.78, 5) is 172. The summed E-state index contributed by atoms with van der Waals surface area (Å²) in [5.41, 5.74) is 13.4. The Morgan fingerprint density at radius 2 is 1.03 bits per heavy atom. The van der Waals surface area contributed by atoms with Gasteiger partial charge in [0.1, 0.15) is 42.6 Å². The summed E-state index contributed by atoms with van der Waals surface area (Å²) in [7, 11) is -4.17. The van der Waals surface area contributed by atoms with Gasteiger partial charge in [0, 0.05) is 68.7 Å². The highest BCUT2D eigenvalue weighted by Crippen LogP contribution is 2.60. The number of urea groups is 1. The van der Waals surface area contributed by atoms with Gasteiger partial charge in [-0.05, 0) is 196 Å². The molecule has 10 rings (SSSR count). The average Bonchev–Trinajstić information content (AvgIpc) is 0.717. The number of ether oxygens (including phenoxy) is 9. The van der Waals surface area contributed by atoms with Gasteiger partial charge in [-0.3, -0.25) is 67.6 Å². The summed E-state index contributed by atoms with van der Waals surface area (Å²) >= 11 is 0. The van der Waals surface area contributed by atoms with E-state index in [1.807, 2.05) is 67.6 Å². The van der Waals surface area contributed by atoms with Crippen LogP contribution in [0.15, 0.2) is 95.0 Å². The first-order chi connectivity index (χ1) is 71.6. The van der Waals surface area contributed by atoms with Crippen molar-refractivity contribution in [1.29, 1.82) is 0 Å². The number of para-hydroxylation sites is 1. The van der Waals surface area contributed by atoms with Crippen LogP contribution in [-0.4, -0.2) is 288 Å². The van der Waals surface area contributed by atoms with Crippen LogP contribution in [0.3, 0.4) is 0 Å². The maximum Gasteiger partial charge on any atom is 0.312 e. The second-order valence-electron chi connectivity index (χ2n) is 40.3. The molecule has 1 heterocycles. The number of hydrogen-bond acceptors (Lipinski definition) is 27. The van der Waals surface area contributed by atoms with E-state index in [2.05, 4.69) is 116 Å². The number of amides is 13. The number of imide groups is 1. The van der Waals surface area contributed by atoms with E-state index in [4.69, 9.17) is 63.8 Å². The second kappa shape index (κ2) is 60.7. The fourth-order valence-electron chi connectivity index (χ4n) is 21.2. The number of nitrogens with one attached hydrogen (secondary N) is 10. The molecule has 1 unspecified atom stereocenters. The molecule has 0 saturated heterocycles. The molecule has 0 aromatic heterocycles. The number of aliphatic imine (C=N–C) groups is 1. The molecule has 3 saturated carbocycles. The molecule has 149 heavy (non-hydrogen) atoms. The van der Waals surface area contributed by atoms with E-state index < -0.39 is 122 Å². The van der Waals surface area contributed by atoms with Crippen LogP contribution in [0.1, 0.15) is 227 Å². The van der Waals surface area contributed by atoms with Gasteiger partial charge < -0.3 is 112 Å². The van der Waals surface area contributed by atoms with Crippen molar-refractivity contribution in [2.45, 2.75) is 250 Å². The van der Waals surface area contributed by atoms with E-state index in [0.29, 0.717) is 114 Å². The Morgan fingerprint density at radius 3 is 1.65 bits per heavy atom. The topological polar surface area (TPSA) is 563 Å². The normalized spacial score (nSPS) is 21.1. The minimum Gasteiger partial charge on any atom is -0.394 e. The van der Waals surface area contributed by atoms with Gasteiger partial charge in [0.15, 0.2) is 0 Å². The number of benzene rings is 4. The number of anilines is 2. The first kappa shape index (κ1) is 120. The molecule has 0 bridgehead atoms. The number of carbonyl (C=O) groups excluding carboxylic acids is 12. The standard InChI is InChI=1S/C108H157N15O25S/c1-73(2)96(101(133)118-85(25-17-47-115-104(109)136)98(130)119-86(71-124)100(132)116-80-35-32-77-34-37-90-106(5,82(77)69-80)43-19-45-108(90,7)103(135)121-102(134)107(6)44-18-42-105(4)81-68-74(3)28-29-76(81)33-36-89(105)107)120-99(131)84(117-93(127)41-52-141-56-60-145-64-66-147-62-58-143-54-49-113-91(125)38-39-95(129)123-70-79-22-12-11-20-75(79)30-31-78-21-13-14-26-87(78)123)24-15-16-46-112-94(128)72-148-88-27-10-8-9-23-83(97(88)122-110)111-48-53-142-57-61-146-65-63-144-59-55-140-51-40-92(126)114-50-67-149(137,138)139/h11-14,20-22,26,28-29,32,35,68-69,73,84-86,88-90,96,124H,8-10,15-19,23-25,27,33-34,36-67,70-72,110H2,1-7H3,(H,112,128)(H,113,125)(H,114,126)(H,116,132)(H,117,127)(H,118,133)(H,119,130)(H,120,131)(H3,109,115,136)(H,121,134,135)(H,137,138,139)/t84-,85+,86+,88?,89-,90-,96+,105-,106-,107+,108+/m1/s1. The van der Waals surface area contributed by atoms with Crippen LogP contribution >= 0.6 is 0 Å². The van der Waals surface area contributed by atoms with Crippen molar-refractivity contribution >= 4 is 104 Å². The molecule has 4 aromatic carbocycles. The lowest BCUT2D eigenvalue weighted by atomic mass is 9.49. The number of nitrogens with two attached hydrogens (primary N) is 2. The highest BCUT2D eigenvalue weighted by Gasteiger charge is 2.59. The molecule has 4 aromatic rings. The first-order valence-corrected chi connectivity index (χ1v) is 54.2. The van der Waals surface area contributed by atoms with E-state index in [1.54, 1.807) is 24.8 Å². The van der Waals surface area contributed by atoms with Crippen molar-refractivity contribution < 1.29 is 118 Å². The Morgan fingerprint density at radius 1 is 0.503 bits per heavy atom. The van der Waals surface area contributed by atoms with E-state index in [1.165, 1.54) is 16.7 Å². The summed E-state index contributed by atoms with van der Waals surface area (Å²) in [6, 6.07) is 20.9. The zero-order valence-corrected chi connectivity index (χ0v) is 88.4. The van der Waals surface area contributed by atoms with Crippen LogP contribution < -0.4 is 69.6 Å². The molecular weight excluding hydrogens is 1940 g/mol. The molecule has 3 fully saturated rings. The SMILES string of the molecule is Cc1ccc2c(c1)[C@@]1(C)CCC[C@](C)(C(=O)NC(=O)[C@@]3(C)CCC[C@]4(C)c5cc(NC(=O)[C@H](CO)NC(=O)[C@H](CCCNC(N)=O)NC(=O)[C@@H](NC(=O)[C@@H](CCCCNC(=O)COC6CCCCCC(=NCCOCCOCCOCCOCCC(=O)NCCS(=O)(=O)O)C6=NN)NC(=O)CCOCCOCCOCCOCCNC(=O)CCC(=O)N6Cc7ccccc7C#Cc7ccccc76)C(C)C)ccc5CC[C@@H]34)[C@@H]1CC2. The maximum atomic E-state index is 15.1. The van der Waals surface area contributed by atoms with Gasteiger partial charge in [0.2, 0.25) is 65.0 Å². The number of unbranched alkanes of at least 4 members (excludes halogenated alkanes) is 1. The summed E-state index contributed by atoms with van der Waals surface area (Å²) in [6.07, 6.45) is 10.9. The monoisotopic (exact) mass is 2100 g/mol. The zero-order valence-electron chi connectivity index (χ0n) is 87.5. The van der Waals surface area contributed by atoms with Crippen LogP contribution in [0.2, 0.25) is 0 Å². The quantitative estimate of drug-likeness (QED) is 0.00561. The molecule has 11 atom stereocenters. The van der Waals surface area contributed by atoms with E-state index in [9.17, 15) is 66.3 Å². The van der Waals surface area contributed by atoms with Crippen molar-refractivity contribution in [3.05, 3.63) is 129 Å². The third-order valence-electron chi connectivity index (χ3n) is 29.2. The van der Waals surface area contributed by atoms with Crippen LogP contribution in [0.5, 0.6) is 0 Å². The van der Waals surface area contributed by atoms with Gasteiger partial charge in [-0.1, -0.05) is 139 Å². The van der Waals surface area contributed by atoms with Crippen molar-refractivity contribution in [2.75, 3.05) is 168 Å². The minimum atomic E-state index is -4.17. The molecule has 820 valence electrons. The second-order valence-corrected chi connectivity index (χ2v) is 41.9. The number of carbonyl (C=O) groups is 12. The molecule has 16 N–H and O–H groups in total. The Balaban J connectivity index is 0.687. The highest BCUT2D eigenvalue weighted by molar-refractivity contribution is 7.85. The number of hydrogen-bond donors (Lipinski definition) is 14. The number of primary amides is 1. The summed E-state index contributed by atoms with van der Waals surface area (Å²) < 4.78 is 81.5. The fourth-order valence-corrected chi connectivity index (χ4v) is 21.6. The third kappa shape index (κ3) is 36.8. The van der Waals surface area contributed by atoms with Crippen molar-refractivity contribution in [3.63, 3.8) is 0 Å². The molecule has 41 heteroatoms. The fraction of sp³-hybridized carbons (Fsp3) is 0.630. The summed E-state index contributed by atoms with van der Waals surface area (Å²) in [6.45, 7) is 16.9. The Hall–Kier alpha value is -11.3. The molecule has 1 aliphatic heterocycles. The van der Waals surface area contributed by atoms with Crippen LogP contribution in [0, 0.1) is 47.3 Å². The average molecular weight is 2100 g/mol. The van der Waals surface area contributed by atoms with E-state index >= 15 is 4.79 Å². The largest absolute Gasteiger partial charge is 0.394 e. The van der Waals surface area contributed by atoms with Crippen molar-refractivity contribution in [1.82, 2.24) is 47.9 Å². The smallest absolute Gasteiger partial charge is 0.312 e. The third-order valence-corrected chi connectivity index (χ3v) is 29.9. The number of aliphatic hydroxyl groups excluding tert-OH is 1. The van der Waals surface area contributed by atoms with Gasteiger partial charge in [-0.15, -0.1) is 0 Å². The van der Waals surface area contributed by atoms with Crippen LogP contribution in [0.4, 0.5) is 16.2 Å². The number of hydrazone groups is 1. The molecule has 0 spiro atoms. The summed E-state index contributed by atoms with van der Waals surface area (Å²) in [5.74, 6) is 5.39. The lowest BCUT2D eigenvalue weighted by Crippen LogP contribution is -2.60. The predicted molar refractivity (Wildman–Crippen MR) is 559 cm³/mol. The van der Waals surface area contributed by atoms with E-state index in [-0.39, 0.29) is 204 Å². The lowest BCUT2D eigenvalue weighted by molar-refractivity contribution is -0.150. The van der Waals surface area contributed by atoms with Crippen LogP contribution in [-0.2, 0) is 136 Å². The van der Waals surface area contributed by atoms with Crippen molar-refractivity contribution in [2.24, 2.45) is 50.3 Å². The van der Waals surface area contributed by atoms with Gasteiger partial charge in [0.05, 0.1) is 153 Å². The number of fused-ring (bicyclic) bond motifs is 8. The number of aliphatic hydroxyl groups is 1. The van der Waals surface area contributed by atoms with Gasteiger partial charge in [-0.2, -0.15) is 13.5 Å². The molecule has 6 aliphatic rings. The molecular formula is C108H157N15O25S. The van der Waals surface area contributed by atoms with Gasteiger partial charge in [-0.25, -0.2) is 4.79 Å². The molecule has 0 radical (unpaired) electrons. The van der Waals surface area contributed by atoms with Crippen LogP contribution in [0.25, 0.3) is 0 Å². The Bertz CT molecular complexity index is 5410. The van der Waals surface area contributed by atoms with Gasteiger partial charge >= 0.3 is 6.03 Å². The zero-order chi connectivity index (χ0) is 107. The number of nitrogens with zero attached hydrogens (tertiary/aromatic N) is 3. The summed E-state index contributed by atoms with van der Waals surface area (Å²) in [5, 5.41) is 42.4. The van der Waals surface area contributed by atoms with Gasteiger partial charge in [0.25, 0.3) is 10.1 Å². The van der Waals surface area contributed by atoms with Crippen molar-refractivity contribution in [3.8, 4) is 11.8 Å². The number of rotatable bonds is 61. The highest BCUT2D eigenvalue weighted by atomic mass is 32.2. The Labute approximate surface area is 874 Å². The molecule has 40 nitrogen and oxygen atoms in total. The molecule has 5 aliphatic carbocycles.